The molecule has 0 atom stereocenters. The van der Waals surface area contributed by atoms with E-state index in [2.05, 4.69) is 4.98 Å². The van der Waals surface area contributed by atoms with Gasteiger partial charge in [-0.25, -0.2) is 9.78 Å². The van der Waals surface area contributed by atoms with Gasteiger partial charge in [-0.2, -0.15) is 0 Å². The molecule has 0 saturated heterocycles. The van der Waals surface area contributed by atoms with Gasteiger partial charge in [-0.1, -0.05) is 0 Å². The molecule has 2 rings (SSSR count). The molecule has 0 saturated carbocycles. The maximum Gasteiger partial charge on any atom is 0.352 e. The molecular weight excluding hydrogens is 184 g/mol. The first-order valence-corrected chi connectivity index (χ1v) is 3.97. The molecule has 0 aliphatic carbocycles. The van der Waals surface area contributed by atoms with Gasteiger partial charge in [0.25, 0.3) is 0 Å². The summed E-state index contributed by atoms with van der Waals surface area (Å²) in [5, 5.41) is 8.85. The molecule has 72 valence electrons. The normalized spacial score (nSPS) is 10.4. The van der Waals surface area contributed by atoms with Crippen LogP contribution < -0.4 is 4.74 Å². The lowest BCUT2D eigenvalue weighted by molar-refractivity contribution is 0.0689. The van der Waals surface area contributed by atoms with Crippen molar-refractivity contribution in [3.05, 3.63) is 30.2 Å². The molecule has 0 amide bonds. The van der Waals surface area contributed by atoms with Gasteiger partial charge in [0.1, 0.15) is 11.2 Å². The number of carbonyl (C=O) groups is 1. The van der Waals surface area contributed by atoms with Crippen molar-refractivity contribution in [1.82, 2.24) is 9.38 Å². The molecule has 0 aliphatic heterocycles. The third kappa shape index (κ3) is 1.10. The van der Waals surface area contributed by atoms with E-state index >= 15 is 0 Å². The van der Waals surface area contributed by atoms with Crippen LogP contribution in [0.2, 0.25) is 0 Å². The number of carboxylic acid groups (broad SMARTS) is 1. The molecular formula is C9H8N2O3. The van der Waals surface area contributed by atoms with Crippen LogP contribution in [0.4, 0.5) is 0 Å². The maximum atomic E-state index is 10.8. The predicted octanol–water partition coefficient (Wildman–Crippen LogP) is 1.04. The largest absolute Gasteiger partial charge is 0.480 e. The Morgan fingerprint density at radius 2 is 2.36 bits per heavy atom. The zero-order valence-corrected chi connectivity index (χ0v) is 7.47. The van der Waals surface area contributed by atoms with E-state index in [1.165, 1.54) is 23.8 Å². The number of rotatable bonds is 2. The molecule has 14 heavy (non-hydrogen) atoms. The van der Waals surface area contributed by atoms with Gasteiger partial charge in [0, 0.05) is 12.4 Å². The van der Waals surface area contributed by atoms with Gasteiger partial charge in [-0.15, -0.1) is 0 Å². The Hall–Kier alpha value is -2.04. The van der Waals surface area contributed by atoms with E-state index in [1.807, 2.05) is 0 Å². The van der Waals surface area contributed by atoms with Gasteiger partial charge in [0.2, 0.25) is 5.88 Å². The highest BCUT2D eigenvalue weighted by Gasteiger charge is 2.11. The van der Waals surface area contributed by atoms with Crippen molar-refractivity contribution < 1.29 is 14.6 Å². The summed E-state index contributed by atoms with van der Waals surface area (Å²) in [6, 6.07) is 3.18. The minimum atomic E-state index is -0.974. The highest BCUT2D eigenvalue weighted by atomic mass is 16.5. The number of aromatic nitrogens is 2. The van der Waals surface area contributed by atoms with Crippen LogP contribution in [0.15, 0.2) is 24.5 Å². The number of hydrogen-bond donors (Lipinski definition) is 1. The topological polar surface area (TPSA) is 63.8 Å². The standard InChI is InChI=1S/C9H8N2O3/c1-14-8-6-2-3-7(9(12)13)11(6)5-4-10-8/h2-5H,1H3,(H,12,13). The average molecular weight is 192 g/mol. The Morgan fingerprint density at radius 3 is 3.00 bits per heavy atom. The molecule has 1 N–H and O–H groups in total. The number of nitrogens with zero attached hydrogens (tertiary/aromatic N) is 2. The van der Waals surface area contributed by atoms with Crippen molar-refractivity contribution in [2.45, 2.75) is 0 Å². The summed E-state index contributed by atoms with van der Waals surface area (Å²) in [5.41, 5.74) is 0.841. The molecule has 5 heteroatoms. The molecule has 2 aromatic heterocycles. The van der Waals surface area contributed by atoms with Crippen molar-refractivity contribution in [3.63, 3.8) is 0 Å². The minimum absolute atomic E-state index is 0.195. The van der Waals surface area contributed by atoms with Crippen LogP contribution in [0, 0.1) is 0 Å². The number of fused-ring (bicyclic) bond motifs is 1. The Bertz CT molecular complexity index is 490. The quantitative estimate of drug-likeness (QED) is 0.772. The lowest BCUT2D eigenvalue weighted by Crippen LogP contribution is -2.02. The summed E-state index contributed by atoms with van der Waals surface area (Å²) >= 11 is 0. The Balaban J connectivity index is 2.75. The molecule has 2 heterocycles. The van der Waals surface area contributed by atoms with Crippen LogP contribution in [0.5, 0.6) is 5.88 Å². The summed E-state index contributed by atoms with van der Waals surface area (Å²) in [6.45, 7) is 0. The molecule has 0 spiro atoms. The molecule has 0 aromatic carbocycles. The molecule has 0 aliphatic rings. The summed E-state index contributed by atoms with van der Waals surface area (Å²) in [6.07, 6.45) is 3.08. The summed E-state index contributed by atoms with van der Waals surface area (Å²) in [5.74, 6) is -0.557. The average Bonchev–Trinajstić information content (AvgIpc) is 2.60. The summed E-state index contributed by atoms with van der Waals surface area (Å²) < 4.78 is 6.52. The molecule has 0 bridgehead atoms. The predicted molar refractivity (Wildman–Crippen MR) is 48.7 cm³/mol. The van der Waals surface area contributed by atoms with E-state index < -0.39 is 5.97 Å². The zero-order chi connectivity index (χ0) is 10.1. The fourth-order valence-corrected chi connectivity index (χ4v) is 1.35. The first-order valence-electron chi connectivity index (χ1n) is 3.97. The smallest absolute Gasteiger partial charge is 0.352 e. The fourth-order valence-electron chi connectivity index (χ4n) is 1.35. The van der Waals surface area contributed by atoms with Crippen LogP contribution in [0.1, 0.15) is 10.5 Å². The van der Waals surface area contributed by atoms with Crippen LogP contribution in [0.25, 0.3) is 5.52 Å². The van der Waals surface area contributed by atoms with Gasteiger partial charge in [0.05, 0.1) is 7.11 Å². The van der Waals surface area contributed by atoms with Gasteiger partial charge < -0.3 is 14.2 Å². The molecule has 0 radical (unpaired) electrons. The van der Waals surface area contributed by atoms with Crippen LogP contribution in [0.3, 0.4) is 0 Å². The summed E-state index contributed by atoms with van der Waals surface area (Å²) in [4.78, 5) is 14.8. The van der Waals surface area contributed by atoms with E-state index in [9.17, 15) is 4.79 Å². The number of ether oxygens (including phenoxy) is 1. The molecule has 2 aromatic rings. The zero-order valence-electron chi connectivity index (χ0n) is 7.47. The van der Waals surface area contributed by atoms with Crippen molar-refractivity contribution >= 4 is 11.5 Å². The second-order valence-electron chi connectivity index (χ2n) is 2.72. The van der Waals surface area contributed by atoms with Gasteiger partial charge in [-0.3, -0.25) is 0 Å². The summed E-state index contributed by atoms with van der Waals surface area (Å²) in [7, 11) is 1.50. The van der Waals surface area contributed by atoms with Crippen molar-refractivity contribution in [3.8, 4) is 5.88 Å². The van der Waals surface area contributed by atoms with Crippen LogP contribution >= 0.6 is 0 Å². The third-order valence-corrected chi connectivity index (χ3v) is 1.96. The lowest BCUT2D eigenvalue weighted by Gasteiger charge is -2.02. The number of hydrogen-bond acceptors (Lipinski definition) is 3. The van der Waals surface area contributed by atoms with E-state index in [0.29, 0.717) is 11.4 Å². The Morgan fingerprint density at radius 1 is 1.57 bits per heavy atom. The van der Waals surface area contributed by atoms with Gasteiger partial charge in [0.15, 0.2) is 0 Å². The van der Waals surface area contributed by atoms with E-state index in [0.717, 1.165) is 0 Å². The second kappa shape index (κ2) is 3.02. The van der Waals surface area contributed by atoms with E-state index in [-0.39, 0.29) is 5.69 Å². The SMILES string of the molecule is COc1nccn2c(C(=O)O)ccc12. The minimum Gasteiger partial charge on any atom is -0.480 e. The van der Waals surface area contributed by atoms with Gasteiger partial charge >= 0.3 is 5.97 Å². The Kier molecular flexibility index (Phi) is 1.85. The highest BCUT2D eigenvalue weighted by molar-refractivity contribution is 5.88. The van der Waals surface area contributed by atoms with E-state index in [4.69, 9.17) is 9.84 Å². The molecule has 0 unspecified atom stereocenters. The van der Waals surface area contributed by atoms with Crippen LogP contribution in [-0.2, 0) is 0 Å². The van der Waals surface area contributed by atoms with E-state index in [1.54, 1.807) is 12.3 Å². The molecule has 5 nitrogen and oxygen atoms in total. The highest BCUT2D eigenvalue weighted by Crippen LogP contribution is 2.18. The number of aromatic carboxylic acids is 1. The third-order valence-electron chi connectivity index (χ3n) is 1.96. The second-order valence-corrected chi connectivity index (χ2v) is 2.72. The van der Waals surface area contributed by atoms with Gasteiger partial charge in [-0.05, 0) is 12.1 Å². The van der Waals surface area contributed by atoms with Crippen molar-refractivity contribution in [2.75, 3.05) is 7.11 Å². The Labute approximate surface area is 79.6 Å². The maximum absolute atomic E-state index is 10.8. The number of carboxylic acids is 1. The monoisotopic (exact) mass is 192 g/mol. The van der Waals surface area contributed by atoms with Crippen LogP contribution in [-0.4, -0.2) is 27.6 Å². The van der Waals surface area contributed by atoms with Crippen molar-refractivity contribution in [2.24, 2.45) is 0 Å². The fraction of sp³-hybridized carbons (Fsp3) is 0.111. The number of methoxy groups -OCH3 is 1. The van der Waals surface area contributed by atoms with Crippen molar-refractivity contribution in [1.29, 1.82) is 0 Å². The first kappa shape index (κ1) is 8.55. The molecule has 0 fully saturated rings. The first-order chi connectivity index (χ1) is 6.74. The lowest BCUT2D eigenvalue weighted by atomic mass is 10.4.